The summed E-state index contributed by atoms with van der Waals surface area (Å²) in [6.07, 6.45) is 1.87. The van der Waals surface area contributed by atoms with Gasteiger partial charge in [-0.15, -0.1) is 0 Å². The van der Waals surface area contributed by atoms with Gasteiger partial charge in [0, 0.05) is 48.8 Å². The minimum atomic E-state index is 0.291. The third kappa shape index (κ3) is 2.61. The first-order valence-corrected chi connectivity index (χ1v) is 7.91. The number of pyridine rings is 1. The number of para-hydroxylation sites is 1. The third-order valence-corrected chi connectivity index (χ3v) is 4.68. The van der Waals surface area contributed by atoms with Gasteiger partial charge in [-0.05, 0) is 11.6 Å². The van der Waals surface area contributed by atoms with E-state index in [0.717, 1.165) is 18.6 Å². The van der Waals surface area contributed by atoms with Gasteiger partial charge >= 0.3 is 0 Å². The normalized spacial score (nSPS) is 18.6. The second kappa shape index (κ2) is 5.90. The van der Waals surface area contributed by atoms with Crippen LogP contribution in [0.25, 0.3) is 10.9 Å². The highest BCUT2D eigenvalue weighted by atomic mass is 32.2. The molecule has 1 aliphatic heterocycles. The molecular formula is C15H19N3S. The second-order valence-corrected chi connectivity index (χ2v) is 6.05. The van der Waals surface area contributed by atoms with Gasteiger partial charge in [-0.3, -0.25) is 9.88 Å². The Labute approximate surface area is 118 Å². The van der Waals surface area contributed by atoms with Crippen molar-refractivity contribution in [2.75, 3.05) is 31.1 Å². The number of thioether (sulfide) groups is 1. The van der Waals surface area contributed by atoms with Crippen molar-refractivity contribution < 1.29 is 0 Å². The lowest BCUT2D eigenvalue weighted by molar-refractivity contribution is 0.224. The topological polar surface area (TPSA) is 42.1 Å². The van der Waals surface area contributed by atoms with E-state index in [1.165, 1.54) is 22.5 Å². The summed E-state index contributed by atoms with van der Waals surface area (Å²) in [6, 6.07) is 10.8. The van der Waals surface area contributed by atoms with Crippen LogP contribution in [0.5, 0.6) is 0 Å². The highest BCUT2D eigenvalue weighted by molar-refractivity contribution is 7.99. The van der Waals surface area contributed by atoms with Crippen molar-refractivity contribution >= 4 is 22.7 Å². The Morgan fingerprint density at radius 3 is 2.79 bits per heavy atom. The molecule has 0 aliphatic carbocycles. The summed E-state index contributed by atoms with van der Waals surface area (Å²) in [4.78, 5) is 7.06. The van der Waals surface area contributed by atoms with Crippen molar-refractivity contribution in [3.63, 3.8) is 0 Å². The van der Waals surface area contributed by atoms with E-state index in [9.17, 15) is 0 Å². The quantitative estimate of drug-likeness (QED) is 0.931. The average molecular weight is 273 g/mol. The summed E-state index contributed by atoms with van der Waals surface area (Å²) in [7, 11) is 0. The van der Waals surface area contributed by atoms with Gasteiger partial charge in [0.2, 0.25) is 0 Å². The number of nitrogens with zero attached hydrogens (tertiary/aromatic N) is 2. The summed E-state index contributed by atoms with van der Waals surface area (Å²) in [5.41, 5.74) is 8.42. The van der Waals surface area contributed by atoms with Crippen LogP contribution in [0.2, 0.25) is 0 Å². The summed E-state index contributed by atoms with van der Waals surface area (Å²) in [5, 5.41) is 1.20. The van der Waals surface area contributed by atoms with Gasteiger partial charge in [-0.1, -0.05) is 24.3 Å². The van der Waals surface area contributed by atoms with E-state index < -0.39 is 0 Å². The standard InChI is InChI=1S/C15H19N3S/c16-11-14(18-7-9-19-10-8-18)13-5-1-3-12-4-2-6-17-15(12)13/h1-6,14H,7-11,16H2. The van der Waals surface area contributed by atoms with Crippen LogP contribution in [0.1, 0.15) is 11.6 Å². The molecule has 0 radical (unpaired) electrons. The molecule has 2 heterocycles. The van der Waals surface area contributed by atoms with Gasteiger partial charge in [0.25, 0.3) is 0 Å². The molecule has 19 heavy (non-hydrogen) atoms. The van der Waals surface area contributed by atoms with E-state index in [1.54, 1.807) is 0 Å². The van der Waals surface area contributed by atoms with Crippen LogP contribution in [0.3, 0.4) is 0 Å². The van der Waals surface area contributed by atoms with E-state index in [2.05, 4.69) is 34.1 Å². The molecule has 0 saturated carbocycles. The zero-order valence-corrected chi connectivity index (χ0v) is 11.8. The van der Waals surface area contributed by atoms with Crippen molar-refractivity contribution in [3.05, 3.63) is 42.1 Å². The fraction of sp³-hybridized carbons (Fsp3) is 0.400. The lowest BCUT2D eigenvalue weighted by atomic mass is 10.0. The second-order valence-electron chi connectivity index (χ2n) is 4.82. The first-order chi connectivity index (χ1) is 9.40. The maximum Gasteiger partial charge on any atom is 0.0750 e. The fourth-order valence-corrected chi connectivity index (χ4v) is 3.69. The molecule has 1 atom stereocenters. The van der Waals surface area contributed by atoms with Crippen LogP contribution in [-0.4, -0.2) is 41.0 Å². The van der Waals surface area contributed by atoms with Gasteiger partial charge in [0.05, 0.1) is 5.52 Å². The molecule has 1 fully saturated rings. The van der Waals surface area contributed by atoms with Crippen LogP contribution in [0.4, 0.5) is 0 Å². The van der Waals surface area contributed by atoms with Gasteiger partial charge in [0.15, 0.2) is 0 Å². The molecule has 3 rings (SSSR count). The molecular weight excluding hydrogens is 254 g/mol. The molecule has 0 bridgehead atoms. The van der Waals surface area contributed by atoms with E-state index in [0.29, 0.717) is 12.6 Å². The predicted molar refractivity (Wildman–Crippen MR) is 82.4 cm³/mol. The van der Waals surface area contributed by atoms with Crippen molar-refractivity contribution in [1.29, 1.82) is 0 Å². The van der Waals surface area contributed by atoms with Gasteiger partial charge in [-0.25, -0.2) is 0 Å². The van der Waals surface area contributed by atoms with E-state index in [4.69, 9.17) is 5.73 Å². The van der Waals surface area contributed by atoms with Crippen molar-refractivity contribution in [2.45, 2.75) is 6.04 Å². The Balaban J connectivity index is 2.00. The maximum absolute atomic E-state index is 6.05. The molecule has 1 aromatic heterocycles. The number of hydrogen-bond donors (Lipinski definition) is 1. The Morgan fingerprint density at radius 2 is 2.00 bits per heavy atom. The minimum Gasteiger partial charge on any atom is -0.329 e. The molecule has 1 aromatic carbocycles. The molecule has 4 heteroatoms. The molecule has 2 N–H and O–H groups in total. The van der Waals surface area contributed by atoms with Crippen LogP contribution in [0, 0.1) is 0 Å². The Bertz CT molecular complexity index is 547. The molecule has 1 saturated heterocycles. The van der Waals surface area contributed by atoms with E-state index in [1.807, 2.05) is 24.0 Å². The lowest BCUT2D eigenvalue weighted by Gasteiger charge is -2.34. The van der Waals surface area contributed by atoms with Gasteiger partial charge in [0.1, 0.15) is 0 Å². The van der Waals surface area contributed by atoms with Crippen LogP contribution in [0.15, 0.2) is 36.5 Å². The number of nitrogens with two attached hydrogens (primary N) is 1. The number of rotatable bonds is 3. The molecule has 2 aromatic rings. The zero-order valence-electron chi connectivity index (χ0n) is 11.0. The molecule has 3 nitrogen and oxygen atoms in total. The minimum absolute atomic E-state index is 0.291. The number of aromatic nitrogens is 1. The molecule has 1 aliphatic rings. The Hall–Kier alpha value is -1.10. The van der Waals surface area contributed by atoms with E-state index >= 15 is 0 Å². The number of fused-ring (bicyclic) bond motifs is 1. The Kier molecular flexibility index (Phi) is 4.01. The number of hydrogen-bond acceptors (Lipinski definition) is 4. The molecule has 1 unspecified atom stereocenters. The summed E-state index contributed by atoms with van der Waals surface area (Å²) < 4.78 is 0. The van der Waals surface area contributed by atoms with Crippen LogP contribution < -0.4 is 5.73 Å². The lowest BCUT2D eigenvalue weighted by Crippen LogP contribution is -2.39. The Morgan fingerprint density at radius 1 is 1.21 bits per heavy atom. The smallest absolute Gasteiger partial charge is 0.0750 e. The van der Waals surface area contributed by atoms with Crippen LogP contribution >= 0.6 is 11.8 Å². The largest absolute Gasteiger partial charge is 0.329 e. The monoisotopic (exact) mass is 273 g/mol. The van der Waals surface area contributed by atoms with Gasteiger partial charge in [-0.2, -0.15) is 11.8 Å². The summed E-state index contributed by atoms with van der Waals surface area (Å²) in [5.74, 6) is 2.41. The third-order valence-electron chi connectivity index (χ3n) is 3.73. The maximum atomic E-state index is 6.05. The van der Waals surface area contributed by atoms with Crippen molar-refractivity contribution in [3.8, 4) is 0 Å². The first kappa shape index (κ1) is 12.9. The molecule has 0 amide bonds. The van der Waals surface area contributed by atoms with E-state index in [-0.39, 0.29) is 0 Å². The summed E-state index contributed by atoms with van der Waals surface area (Å²) in [6.45, 7) is 2.89. The predicted octanol–water partition coefficient (Wildman–Crippen LogP) is 2.28. The summed E-state index contributed by atoms with van der Waals surface area (Å²) >= 11 is 2.03. The van der Waals surface area contributed by atoms with Gasteiger partial charge < -0.3 is 5.73 Å². The van der Waals surface area contributed by atoms with Crippen molar-refractivity contribution in [2.24, 2.45) is 5.73 Å². The fourth-order valence-electron chi connectivity index (χ4n) is 2.76. The van der Waals surface area contributed by atoms with Crippen LogP contribution in [-0.2, 0) is 0 Å². The molecule has 100 valence electrons. The van der Waals surface area contributed by atoms with Crippen molar-refractivity contribution in [1.82, 2.24) is 9.88 Å². The number of benzene rings is 1. The zero-order chi connectivity index (χ0) is 13.1. The first-order valence-electron chi connectivity index (χ1n) is 6.75. The average Bonchev–Trinajstić information content (AvgIpc) is 2.49. The highest BCUT2D eigenvalue weighted by Gasteiger charge is 2.22. The molecule has 0 spiro atoms. The highest BCUT2D eigenvalue weighted by Crippen LogP contribution is 2.28. The SMILES string of the molecule is NCC(c1cccc2cccnc12)N1CCSCC1.